The lowest BCUT2D eigenvalue weighted by molar-refractivity contribution is -0.127. The summed E-state index contributed by atoms with van der Waals surface area (Å²) in [6, 6.07) is 5.83. The molecule has 3 rings (SSSR count). The normalized spacial score (nSPS) is 26.4. The number of hydrogen-bond acceptors (Lipinski definition) is 3. The Morgan fingerprint density at radius 1 is 1.20 bits per heavy atom. The molecule has 0 bridgehead atoms. The van der Waals surface area contributed by atoms with Crippen LogP contribution in [0.25, 0.3) is 0 Å². The summed E-state index contributed by atoms with van der Waals surface area (Å²) < 4.78 is 5.84. The zero-order valence-corrected chi connectivity index (χ0v) is 11.6. The molecule has 2 aliphatic rings. The van der Waals surface area contributed by atoms with Crippen molar-refractivity contribution in [1.82, 2.24) is 5.32 Å². The van der Waals surface area contributed by atoms with Gasteiger partial charge in [-0.2, -0.15) is 0 Å². The Bertz CT molecular complexity index is 500. The zero-order chi connectivity index (χ0) is 13.9. The van der Waals surface area contributed by atoms with Crippen LogP contribution in [0.3, 0.4) is 0 Å². The second kappa shape index (κ2) is 5.83. The molecule has 4 heteroatoms. The van der Waals surface area contributed by atoms with Crippen LogP contribution in [0.15, 0.2) is 18.2 Å². The lowest BCUT2D eigenvalue weighted by Crippen LogP contribution is -2.36. The first-order valence-corrected chi connectivity index (χ1v) is 7.49. The number of rotatable bonds is 2. The largest absolute Gasteiger partial charge is 0.481 e. The van der Waals surface area contributed by atoms with Crippen LogP contribution in [-0.2, 0) is 11.2 Å². The molecule has 108 valence electrons. The van der Waals surface area contributed by atoms with Crippen LogP contribution in [0.4, 0.5) is 0 Å². The third-order valence-electron chi connectivity index (χ3n) is 4.16. The van der Waals surface area contributed by atoms with Gasteiger partial charge in [0.1, 0.15) is 5.75 Å². The SMILES string of the molecule is O=C1NCCCCC1Oc1ccc2c(c1)[C@H](O)CCC2. The Morgan fingerprint density at radius 2 is 2.10 bits per heavy atom. The van der Waals surface area contributed by atoms with Crippen molar-refractivity contribution in [3.05, 3.63) is 29.3 Å². The van der Waals surface area contributed by atoms with E-state index < -0.39 is 12.2 Å². The zero-order valence-electron chi connectivity index (χ0n) is 11.6. The van der Waals surface area contributed by atoms with Gasteiger partial charge < -0.3 is 15.2 Å². The topological polar surface area (TPSA) is 58.6 Å². The van der Waals surface area contributed by atoms with Crippen molar-refractivity contribution in [3.8, 4) is 5.75 Å². The van der Waals surface area contributed by atoms with Crippen LogP contribution < -0.4 is 10.1 Å². The van der Waals surface area contributed by atoms with E-state index >= 15 is 0 Å². The Hall–Kier alpha value is -1.55. The van der Waals surface area contributed by atoms with E-state index in [0.29, 0.717) is 5.75 Å². The van der Waals surface area contributed by atoms with Gasteiger partial charge in [0.25, 0.3) is 5.91 Å². The number of carbonyl (C=O) groups excluding carboxylic acids is 1. The smallest absolute Gasteiger partial charge is 0.261 e. The van der Waals surface area contributed by atoms with Crippen molar-refractivity contribution in [2.24, 2.45) is 0 Å². The highest BCUT2D eigenvalue weighted by Crippen LogP contribution is 2.32. The number of carbonyl (C=O) groups is 1. The number of fused-ring (bicyclic) bond motifs is 1. The fourth-order valence-corrected chi connectivity index (χ4v) is 3.01. The lowest BCUT2D eigenvalue weighted by Gasteiger charge is -2.23. The van der Waals surface area contributed by atoms with Gasteiger partial charge in [-0.05, 0) is 61.8 Å². The summed E-state index contributed by atoms with van der Waals surface area (Å²) in [5.41, 5.74) is 2.16. The van der Waals surface area contributed by atoms with Crippen molar-refractivity contribution in [1.29, 1.82) is 0 Å². The molecule has 2 N–H and O–H groups in total. The Labute approximate surface area is 119 Å². The van der Waals surface area contributed by atoms with E-state index in [9.17, 15) is 9.90 Å². The van der Waals surface area contributed by atoms with Gasteiger partial charge in [-0.15, -0.1) is 0 Å². The molecule has 1 unspecified atom stereocenters. The second-order valence-corrected chi connectivity index (χ2v) is 5.66. The van der Waals surface area contributed by atoms with Crippen LogP contribution in [-0.4, -0.2) is 23.7 Å². The number of aryl methyl sites for hydroxylation is 1. The van der Waals surface area contributed by atoms with E-state index in [0.717, 1.165) is 50.6 Å². The Kier molecular flexibility index (Phi) is 3.92. The predicted octanol–water partition coefficient (Wildman–Crippen LogP) is 2.10. The molecule has 0 spiro atoms. The minimum Gasteiger partial charge on any atom is -0.481 e. The summed E-state index contributed by atoms with van der Waals surface area (Å²) in [6.07, 6.45) is 4.80. The molecule has 1 fully saturated rings. The number of hydrogen-bond donors (Lipinski definition) is 2. The average molecular weight is 275 g/mol. The summed E-state index contributed by atoms with van der Waals surface area (Å²) in [4.78, 5) is 11.9. The minimum atomic E-state index is -0.406. The third kappa shape index (κ3) is 2.80. The van der Waals surface area contributed by atoms with E-state index in [-0.39, 0.29) is 5.91 Å². The summed E-state index contributed by atoms with van der Waals surface area (Å²) in [7, 11) is 0. The molecule has 1 aliphatic carbocycles. The summed E-state index contributed by atoms with van der Waals surface area (Å²) in [6.45, 7) is 0.738. The number of aliphatic hydroxyl groups is 1. The Balaban J connectivity index is 1.77. The molecule has 1 aliphatic heterocycles. The molecule has 1 aromatic rings. The highest BCUT2D eigenvalue weighted by atomic mass is 16.5. The van der Waals surface area contributed by atoms with E-state index in [1.54, 1.807) is 0 Å². The highest BCUT2D eigenvalue weighted by Gasteiger charge is 2.24. The Morgan fingerprint density at radius 3 is 3.00 bits per heavy atom. The van der Waals surface area contributed by atoms with Gasteiger partial charge in [-0.1, -0.05) is 6.07 Å². The van der Waals surface area contributed by atoms with Crippen LogP contribution >= 0.6 is 0 Å². The van der Waals surface area contributed by atoms with Crippen LogP contribution in [0.2, 0.25) is 0 Å². The quantitative estimate of drug-likeness (QED) is 0.869. The van der Waals surface area contributed by atoms with Gasteiger partial charge in [-0.25, -0.2) is 0 Å². The lowest BCUT2D eigenvalue weighted by atomic mass is 9.89. The average Bonchev–Trinajstić information content (AvgIpc) is 2.65. The monoisotopic (exact) mass is 275 g/mol. The fraction of sp³-hybridized carbons (Fsp3) is 0.562. The van der Waals surface area contributed by atoms with Gasteiger partial charge in [-0.3, -0.25) is 4.79 Å². The van der Waals surface area contributed by atoms with Crippen molar-refractivity contribution in [2.45, 2.75) is 50.7 Å². The standard InChI is InChI=1S/C16H21NO3/c18-14-5-3-4-11-7-8-12(10-13(11)14)20-15-6-1-2-9-17-16(15)19/h7-8,10,14-15,18H,1-6,9H2,(H,17,19)/t14-,15?/m1/s1. The second-order valence-electron chi connectivity index (χ2n) is 5.66. The van der Waals surface area contributed by atoms with Crippen molar-refractivity contribution < 1.29 is 14.6 Å². The van der Waals surface area contributed by atoms with Crippen LogP contribution in [0.5, 0.6) is 5.75 Å². The van der Waals surface area contributed by atoms with Crippen molar-refractivity contribution >= 4 is 5.91 Å². The van der Waals surface area contributed by atoms with Gasteiger partial charge in [0.2, 0.25) is 0 Å². The first-order chi connectivity index (χ1) is 9.74. The maximum Gasteiger partial charge on any atom is 0.261 e. The minimum absolute atomic E-state index is 0.0271. The van der Waals surface area contributed by atoms with Gasteiger partial charge >= 0.3 is 0 Å². The van der Waals surface area contributed by atoms with Gasteiger partial charge in [0.05, 0.1) is 6.10 Å². The molecule has 1 heterocycles. The van der Waals surface area contributed by atoms with Crippen LogP contribution in [0, 0.1) is 0 Å². The molecule has 2 atom stereocenters. The highest BCUT2D eigenvalue weighted by molar-refractivity contribution is 5.81. The summed E-state index contributed by atoms with van der Waals surface area (Å²) >= 11 is 0. The molecule has 0 saturated carbocycles. The molecule has 1 saturated heterocycles. The van der Waals surface area contributed by atoms with Crippen molar-refractivity contribution in [3.63, 3.8) is 0 Å². The third-order valence-corrected chi connectivity index (χ3v) is 4.16. The van der Waals surface area contributed by atoms with E-state index in [1.807, 2.05) is 18.2 Å². The predicted molar refractivity (Wildman–Crippen MR) is 75.6 cm³/mol. The molecule has 20 heavy (non-hydrogen) atoms. The maximum absolute atomic E-state index is 11.9. The number of nitrogens with one attached hydrogen (secondary N) is 1. The summed E-state index contributed by atoms with van der Waals surface area (Å²) in [5.74, 6) is 0.660. The number of aliphatic hydroxyl groups excluding tert-OH is 1. The molecule has 1 amide bonds. The molecule has 4 nitrogen and oxygen atoms in total. The molecule has 0 radical (unpaired) electrons. The van der Waals surface area contributed by atoms with E-state index in [2.05, 4.69) is 5.32 Å². The van der Waals surface area contributed by atoms with Gasteiger partial charge in [0.15, 0.2) is 6.10 Å². The number of amides is 1. The molecule has 0 aromatic heterocycles. The van der Waals surface area contributed by atoms with Crippen LogP contribution in [0.1, 0.15) is 49.3 Å². The van der Waals surface area contributed by atoms with E-state index in [1.165, 1.54) is 5.56 Å². The molecular formula is C16H21NO3. The number of ether oxygens (including phenoxy) is 1. The molecular weight excluding hydrogens is 254 g/mol. The number of benzene rings is 1. The first kappa shape index (κ1) is 13.4. The maximum atomic E-state index is 11.9. The fourth-order valence-electron chi connectivity index (χ4n) is 3.01. The summed E-state index contributed by atoms with van der Waals surface area (Å²) in [5, 5.41) is 12.9. The van der Waals surface area contributed by atoms with E-state index in [4.69, 9.17) is 4.74 Å². The van der Waals surface area contributed by atoms with Gasteiger partial charge in [0, 0.05) is 6.54 Å². The van der Waals surface area contributed by atoms with Crippen molar-refractivity contribution in [2.75, 3.05) is 6.54 Å². The molecule has 1 aromatic carbocycles. The first-order valence-electron chi connectivity index (χ1n) is 7.49.